The summed E-state index contributed by atoms with van der Waals surface area (Å²) in [5.74, 6) is -0.267. The van der Waals surface area contributed by atoms with E-state index in [4.69, 9.17) is 12.9 Å². The van der Waals surface area contributed by atoms with Crippen LogP contribution in [0.2, 0.25) is 0 Å². The van der Waals surface area contributed by atoms with Crippen LogP contribution in [0.3, 0.4) is 0 Å². The Kier molecular flexibility index (Phi) is 2.54. The van der Waals surface area contributed by atoms with E-state index in [2.05, 4.69) is 0 Å². The van der Waals surface area contributed by atoms with E-state index in [1.165, 1.54) is 7.11 Å². The molecule has 2 rings (SSSR count). The molecule has 1 saturated carbocycles. The molecule has 1 aliphatic heterocycles. The van der Waals surface area contributed by atoms with Gasteiger partial charge in [0, 0.05) is 0 Å². The van der Waals surface area contributed by atoms with Crippen LogP contribution in [0.25, 0.3) is 0 Å². The fourth-order valence-electron chi connectivity index (χ4n) is 1.90. The van der Waals surface area contributed by atoms with Crippen molar-refractivity contribution in [2.75, 3.05) is 13.7 Å². The van der Waals surface area contributed by atoms with Gasteiger partial charge >= 0.3 is 86.3 Å². The molecule has 2 aliphatic rings. The Balaban J connectivity index is 2.15. The van der Waals surface area contributed by atoms with Crippen molar-refractivity contribution in [3.8, 4) is 0 Å². The first-order valence-corrected chi connectivity index (χ1v) is 6.12. The van der Waals surface area contributed by atoms with E-state index in [1.54, 1.807) is 0 Å². The Morgan fingerprint density at radius 1 is 1.62 bits per heavy atom. The molecule has 6 heteroatoms. The second kappa shape index (κ2) is 3.28. The third-order valence-electron chi connectivity index (χ3n) is 2.69. The van der Waals surface area contributed by atoms with E-state index in [0.717, 1.165) is 0 Å². The van der Waals surface area contributed by atoms with Crippen molar-refractivity contribution >= 4 is 0 Å². The first kappa shape index (κ1) is 10.1. The van der Waals surface area contributed by atoms with Gasteiger partial charge in [0.1, 0.15) is 0 Å². The van der Waals surface area contributed by atoms with Crippen LogP contribution in [0.5, 0.6) is 0 Å². The third-order valence-corrected chi connectivity index (χ3v) is 4.89. The van der Waals surface area contributed by atoms with Crippen LogP contribution in [0, 0.1) is 5.92 Å². The molecule has 1 aliphatic carbocycles. The van der Waals surface area contributed by atoms with E-state index in [-0.39, 0.29) is 18.6 Å². The van der Waals surface area contributed by atoms with Gasteiger partial charge in [0.15, 0.2) is 0 Å². The average Bonchev–Trinajstić information content (AvgIpc) is 2.73. The maximum absolute atomic E-state index is 9.99. The summed E-state index contributed by atoms with van der Waals surface area (Å²) in [5, 5.41) is 28.4. The Morgan fingerprint density at radius 3 is 2.85 bits per heavy atom. The summed E-state index contributed by atoms with van der Waals surface area (Å²) in [7, 11) is 1.49. The zero-order chi connectivity index (χ0) is 9.64. The van der Waals surface area contributed by atoms with Gasteiger partial charge in [0.25, 0.3) is 0 Å². The third kappa shape index (κ3) is 1.24. The van der Waals surface area contributed by atoms with Gasteiger partial charge in [-0.15, -0.1) is 0 Å². The molecule has 0 spiro atoms. The van der Waals surface area contributed by atoms with Crippen molar-refractivity contribution in [3.05, 3.63) is 0 Å². The molecular formula is C7H12IO5-. The Morgan fingerprint density at radius 2 is 2.31 bits per heavy atom. The summed E-state index contributed by atoms with van der Waals surface area (Å²) < 4.78 is 9.65. The fourth-order valence-corrected chi connectivity index (χ4v) is 4.39. The van der Waals surface area contributed by atoms with Crippen LogP contribution in [-0.4, -0.2) is 51.0 Å². The van der Waals surface area contributed by atoms with Crippen LogP contribution in [0.1, 0.15) is 0 Å². The zero-order valence-electron chi connectivity index (χ0n) is 7.05. The minimum absolute atomic E-state index is 0.223. The van der Waals surface area contributed by atoms with E-state index in [9.17, 15) is 10.2 Å². The molecule has 0 radical (unpaired) electrons. The van der Waals surface area contributed by atoms with E-state index >= 15 is 0 Å². The average molecular weight is 303 g/mol. The number of alkyl halides is 1. The molecule has 3 unspecified atom stereocenters. The Labute approximate surface area is 86.5 Å². The second-order valence-corrected chi connectivity index (χ2v) is 5.58. The molecular weight excluding hydrogens is 291 g/mol. The van der Waals surface area contributed by atoms with Gasteiger partial charge in [0.2, 0.25) is 0 Å². The second-order valence-electron chi connectivity index (χ2n) is 3.29. The number of fused-ring (bicyclic) bond motifs is 1. The molecule has 13 heavy (non-hydrogen) atoms. The van der Waals surface area contributed by atoms with Crippen LogP contribution < -0.4 is 21.6 Å². The molecule has 0 bridgehead atoms. The van der Waals surface area contributed by atoms with Crippen molar-refractivity contribution in [3.63, 3.8) is 0 Å². The van der Waals surface area contributed by atoms with E-state index < -0.39 is 37.4 Å². The molecule has 0 aromatic rings. The number of aliphatic hydroxyl groups excluding tert-OH is 2. The normalized spacial score (nSPS) is 55.1. The predicted molar refractivity (Wildman–Crippen MR) is 37.2 cm³/mol. The van der Waals surface area contributed by atoms with E-state index in [1.807, 2.05) is 0 Å². The number of rotatable bonds is 2. The van der Waals surface area contributed by atoms with Crippen molar-refractivity contribution in [2.45, 2.75) is 21.9 Å². The van der Waals surface area contributed by atoms with Crippen molar-refractivity contribution in [2.24, 2.45) is 5.92 Å². The Bertz CT molecular complexity index is 213. The molecule has 2 fully saturated rings. The van der Waals surface area contributed by atoms with Gasteiger partial charge in [-0.25, -0.2) is 0 Å². The number of ether oxygens (including phenoxy) is 1. The van der Waals surface area contributed by atoms with Crippen LogP contribution in [0.15, 0.2) is 0 Å². The molecule has 0 amide bonds. The molecule has 1 saturated heterocycles. The van der Waals surface area contributed by atoms with Gasteiger partial charge in [-0.3, -0.25) is 0 Å². The minimum atomic E-state index is -1.17. The summed E-state index contributed by atoms with van der Waals surface area (Å²) in [6, 6.07) is 0. The SMILES string of the molecule is COC1C2[C@H](O)[I-]OC(CO)[C@]12O. The van der Waals surface area contributed by atoms with Gasteiger partial charge in [-0.05, 0) is 0 Å². The van der Waals surface area contributed by atoms with Crippen LogP contribution in [-0.2, 0) is 7.80 Å². The maximum atomic E-state index is 9.99. The molecule has 5 atom stereocenters. The number of aliphatic hydroxyl groups is 3. The number of halogens is 1. The number of methoxy groups -OCH3 is 1. The number of hydrogen-bond acceptors (Lipinski definition) is 5. The summed E-state index contributed by atoms with van der Waals surface area (Å²) in [6.07, 6.45) is -0.972. The van der Waals surface area contributed by atoms with Crippen molar-refractivity contribution in [1.82, 2.24) is 0 Å². The summed E-state index contributed by atoms with van der Waals surface area (Å²) in [4.78, 5) is 0. The van der Waals surface area contributed by atoms with E-state index in [0.29, 0.717) is 0 Å². The zero-order valence-corrected chi connectivity index (χ0v) is 9.21. The molecule has 0 aromatic carbocycles. The van der Waals surface area contributed by atoms with Gasteiger partial charge in [-0.1, -0.05) is 0 Å². The summed E-state index contributed by atoms with van der Waals surface area (Å²) in [5.41, 5.74) is -1.17. The Hall–Kier alpha value is 0.530. The van der Waals surface area contributed by atoms with Crippen LogP contribution in [0.4, 0.5) is 0 Å². The predicted octanol–water partition coefficient (Wildman–Crippen LogP) is -4.92. The molecule has 1 heterocycles. The van der Waals surface area contributed by atoms with Crippen molar-refractivity contribution < 1.29 is 44.7 Å². The van der Waals surface area contributed by atoms with Gasteiger partial charge in [-0.2, -0.15) is 0 Å². The number of hydrogen-bond donors (Lipinski definition) is 3. The molecule has 5 nitrogen and oxygen atoms in total. The standard InChI is InChI=1S/C7H12IO5/c1-12-5-4-6(10)8-13-3(2-9)7(4,5)11/h3-6,9-11H,2H2,1H3/q-1/t3?,4?,5?,6-,7+/m0/s1. The molecule has 78 valence electrons. The summed E-state index contributed by atoms with van der Waals surface area (Å²) >= 11 is -0.803. The molecule has 3 N–H and O–H groups in total. The van der Waals surface area contributed by atoms with Crippen molar-refractivity contribution in [1.29, 1.82) is 0 Å². The first-order valence-electron chi connectivity index (χ1n) is 3.99. The summed E-state index contributed by atoms with van der Waals surface area (Å²) in [6.45, 7) is -0.223. The first-order chi connectivity index (χ1) is 6.16. The fraction of sp³-hybridized carbons (Fsp3) is 1.00. The van der Waals surface area contributed by atoms with Gasteiger partial charge < -0.3 is 0 Å². The molecule has 0 aromatic heterocycles. The van der Waals surface area contributed by atoms with Gasteiger partial charge in [0.05, 0.1) is 0 Å². The monoisotopic (exact) mass is 303 g/mol. The topological polar surface area (TPSA) is 79.2 Å². The van der Waals surface area contributed by atoms with Crippen LogP contribution >= 0.6 is 0 Å². The quantitative estimate of drug-likeness (QED) is 0.352.